The van der Waals surface area contributed by atoms with Crippen LogP contribution in [0.1, 0.15) is 5.56 Å². The van der Waals surface area contributed by atoms with Crippen molar-refractivity contribution in [1.29, 1.82) is 0 Å². The molecule has 6 heteroatoms. The van der Waals surface area contributed by atoms with Gasteiger partial charge in [0.2, 0.25) is 0 Å². The van der Waals surface area contributed by atoms with Crippen molar-refractivity contribution in [1.82, 2.24) is 9.78 Å². The molecule has 0 N–H and O–H groups in total. The fourth-order valence-corrected chi connectivity index (χ4v) is 1.61. The molecule has 0 unspecified atom stereocenters. The first-order valence-electron chi connectivity index (χ1n) is 4.65. The Morgan fingerprint density at radius 2 is 2.12 bits per heavy atom. The van der Waals surface area contributed by atoms with E-state index in [0.29, 0.717) is 16.3 Å². The molecule has 0 fully saturated rings. The maximum Gasteiger partial charge on any atom is 1.00 e. The third kappa shape index (κ3) is 3.57. The van der Waals surface area contributed by atoms with Crippen molar-refractivity contribution in [3.05, 3.63) is 47.2 Å². The first kappa shape index (κ1) is 14.3. The number of carbonyl (C=O) groups excluding carboxylic acids is 1. The van der Waals surface area contributed by atoms with Crippen LogP contribution in [-0.4, -0.2) is 15.7 Å². The molecule has 0 aliphatic rings. The SMILES string of the molecule is O=C([O-])Cc1ccccc1-n1cc(Cl)cn1.[Na+]. The van der Waals surface area contributed by atoms with Gasteiger partial charge in [-0.3, -0.25) is 0 Å². The number of halogens is 1. The largest absolute Gasteiger partial charge is 1.00 e. The van der Waals surface area contributed by atoms with E-state index in [1.54, 1.807) is 29.1 Å². The number of nitrogens with zero attached hydrogens (tertiary/aromatic N) is 2. The number of carbonyl (C=O) groups is 1. The zero-order valence-corrected chi connectivity index (χ0v) is 12.0. The number of hydrogen-bond acceptors (Lipinski definition) is 3. The zero-order valence-electron chi connectivity index (χ0n) is 9.26. The summed E-state index contributed by atoms with van der Waals surface area (Å²) in [6.07, 6.45) is 2.97. The van der Waals surface area contributed by atoms with Crippen LogP contribution in [0.2, 0.25) is 5.02 Å². The molecule has 0 atom stereocenters. The predicted octanol–water partition coefficient (Wildman–Crippen LogP) is -2.18. The van der Waals surface area contributed by atoms with Crippen LogP contribution in [0.5, 0.6) is 0 Å². The molecule has 2 rings (SSSR count). The summed E-state index contributed by atoms with van der Waals surface area (Å²) in [6.45, 7) is 0. The summed E-state index contributed by atoms with van der Waals surface area (Å²) >= 11 is 5.76. The number of aromatic nitrogens is 2. The van der Waals surface area contributed by atoms with E-state index < -0.39 is 5.97 Å². The molecule has 0 radical (unpaired) electrons. The molecule has 1 aromatic carbocycles. The summed E-state index contributed by atoms with van der Waals surface area (Å²) in [4.78, 5) is 10.6. The predicted molar refractivity (Wildman–Crippen MR) is 57.3 cm³/mol. The van der Waals surface area contributed by atoms with Gasteiger partial charge in [-0.15, -0.1) is 0 Å². The Labute approximate surface area is 125 Å². The molecule has 0 spiro atoms. The van der Waals surface area contributed by atoms with Crippen molar-refractivity contribution in [2.75, 3.05) is 0 Å². The van der Waals surface area contributed by atoms with Gasteiger partial charge in [-0.05, 0) is 11.6 Å². The van der Waals surface area contributed by atoms with Crippen molar-refractivity contribution < 1.29 is 39.5 Å². The number of aliphatic carboxylic acids is 1. The minimum atomic E-state index is -1.12. The van der Waals surface area contributed by atoms with Crippen molar-refractivity contribution in [2.24, 2.45) is 0 Å². The first-order chi connectivity index (χ1) is 7.66. The van der Waals surface area contributed by atoms with Gasteiger partial charge in [0.1, 0.15) is 0 Å². The molecule has 0 aliphatic carbocycles. The van der Waals surface area contributed by atoms with Crippen LogP contribution in [0.3, 0.4) is 0 Å². The smallest absolute Gasteiger partial charge is 0.550 e. The molecule has 1 heterocycles. The third-order valence-electron chi connectivity index (χ3n) is 2.12. The van der Waals surface area contributed by atoms with Gasteiger partial charge in [-0.25, -0.2) is 4.68 Å². The summed E-state index contributed by atoms with van der Waals surface area (Å²) in [5, 5.41) is 15.1. The molecule has 0 amide bonds. The van der Waals surface area contributed by atoms with E-state index >= 15 is 0 Å². The standard InChI is InChI=1S/C11H9ClN2O2.Na/c12-9-6-13-14(7-9)10-4-2-1-3-8(10)5-11(15)16;/h1-4,6-7H,5H2,(H,15,16);/q;+1/p-1. The Bertz CT molecular complexity index is 528. The van der Waals surface area contributed by atoms with Gasteiger partial charge in [0.15, 0.2) is 0 Å². The Hall–Kier alpha value is -0.810. The van der Waals surface area contributed by atoms with E-state index in [-0.39, 0.29) is 36.0 Å². The van der Waals surface area contributed by atoms with Crippen LogP contribution in [0.15, 0.2) is 36.7 Å². The van der Waals surface area contributed by atoms with Crippen molar-refractivity contribution >= 4 is 17.6 Å². The molecule has 0 saturated heterocycles. The van der Waals surface area contributed by atoms with Crippen LogP contribution >= 0.6 is 11.6 Å². The van der Waals surface area contributed by atoms with Crippen LogP contribution in [0, 0.1) is 0 Å². The number of para-hydroxylation sites is 1. The van der Waals surface area contributed by atoms with Crippen LogP contribution in [0.25, 0.3) is 5.69 Å². The molecule has 1 aromatic heterocycles. The van der Waals surface area contributed by atoms with Gasteiger partial charge >= 0.3 is 29.6 Å². The minimum absolute atomic E-state index is 0. The molecule has 0 bridgehead atoms. The van der Waals surface area contributed by atoms with Crippen LogP contribution in [0.4, 0.5) is 0 Å². The zero-order chi connectivity index (χ0) is 11.5. The normalized spacial score (nSPS) is 9.71. The molecule has 82 valence electrons. The quantitative estimate of drug-likeness (QED) is 0.589. The fraction of sp³-hybridized carbons (Fsp3) is 0.0909. The average Bonchev–Trinajstić information content (AvgIpc) is 2.65. The Morgan fingerprint density at radius 3 is 2.71 bits per heavy atom. The summed E-state index contributed by atoms with van der Waals surface area (Å²) in [7, 11) is 0. The van der Waals surface area contributed by atoms with Crippen molar-refractivity contribution in [3.63, 3.8) is 0 Å². The molecule has 0 saturated carbocycles. The minimum Gasteiger partial charge on any atom is -0.550 e. The van der Waals surface area contributed by atoms with Crippen LogP contribution < -0.4 is 34.7 Å². The molecular weight excluding hydrogens is 251 g/mol. The molecular formula is C11H8ClN2NaO2. The van der Waals surface area contributed by atoms with Crippen molar-refractivity contribution in [2.45, 2.75) is 6.42 Å². The summed E-state index contributed by atoms with van der Waals surface area (Å²) in [5.74, 6) is -1.12. The molecule has 17 heavy (non-hydrogen) atoms. The van der Waals surface area contributed by atoms with Gasteiger partial charge < -0.3 is 9.90 Å². The Balaban J connectivity index is 0.00000144. The maximum absolute atomic E-state index is 10.6. The first-order valence-corrected chi connectivity index (χ1v) is 5.03. The van der Waals surface area contributed by atoms with Gasteiger partial charge in [0.25, 0.3) is 0 Å². The number of hydrogen-bond donors (Lipinski definition) is 0. The number of carboxylic acids is 1. The maximum atomic E-state index is 10.6. The summed E-state index contributed by atoms with van der Waals surface area (Å²) < 4.78 is 1.54. The fourth-order valence-electron chi connectivity index (χ4n) is 1.47. The molecule has 0 aliphatic heterocycles. The van der Waals surface area contributed by atoms with Crippen LogP contribution in [-0.2, 0) is 11.2 Å². The van der Waals surface area contributed by atoms with E-state index in [4.69, 9.17) is 11.6 Å². The summed E-state index contributed by atoms with van der Waals surface area (Å²) in [5.41, 5.74) is 1.33. The molecule has 2 aromatic rings. The van der Waals surface area contributed by atoms with E-state index in [0.717, 1.165) is 0 Å². The van der Waals surface area contributed by atoms with E-state index in [1.807, 2.05) is 6.07 Å². The summed E-state index contributed by atoms with van der Waals surface area (Å²) in [6, 6.07) is 7.08. The average molecular weight is 259 g/mol. The van der Waals surface area contributed by atoms with Gasteiger partial charge in [-0.2, -0.15) is 5.10 Å². The second kappa shape index (κ2) is 6.21. The topological polar surface area (TPSA) is 57.9 Å². The number of rotatable bonds is 3. The third-order valence-corrected chi connectivity index (χ3v) is 2.32. The molecule has 4 nitrogen and oxygen atoms in total. The monoisotopic (exact) mass is 258 g/mol. The second-order valence-corrected chi connectivity index (χ2v) is 3.72. The van der Waals surface area contributed by atoms with E-state index in [2.05, 4.69) is 5.10 Å². The Morgan fingerprint density at radius 1 is 1.41 bits per heavy atom. The van der Waals surface area contributed by atoms with E-state index in [1.165, 1.54) is 6.20 Å². The van der Waals surface area contributed by atoms with Gasteiger partial charge in [0, 0.05) is 18.6 Å². The van der Waals surface area contributed by atoms with Crippen molar-refractivity contribution in [3.8, 4) is 5.69 Å². The Kier molecular flexibility index (Phi) is 5.21. The number of benzene rings is 1. The second-order valence-electron chi connectivity index (χ2n) is 3.28. The number of carboxylic acid groups (broad SMARTS) is 1. The van der Waals surface area contributed by atoms with Gasteiger partial charge in [0.05, 0.1) is 16.9 Å². The van der Waals surface area contributed by atoms with E-state index in [9.17, 15) is 9.90 Å². The van der Waals surface area contributed by atoms with Gasteiger partial charge in [-0.1, -0.05) is 29.8 Å².